The molecule has 1 atom stereocenters. The lowest BCUT2D eigenvalue weighted by molar-refractivity contribution is 0.0754. The highest BCUT2D eigenvalue weighted by molar-refractivity contribution is 6.30. The molecule has 0 N–H and O–H groups in total. The molecule has 1 aliphatic rings. The Morgan fingerprint density at radius 1 is 1.13 bits per heavy atom. The maximum atomic E-state index is 12.8. The van der Waals surface area contributed by atoms with Crippen LogP contribution in [0.25, 0.3) is 0 Å². The summed E-state index contributed by atoms with van der Waals surface area (Å²) in [5.41, 5.74) is 3.19. The largest absolute Gasteiger partial charge is 0.338 e. The Morgan fingerprint density at radius 2 is 1.91 bits per heavy atom. The van der Waals surface area contributed by atoms with E-state index in [-0.39, 0.29) is 5.91 Å². The van der Waals surface area contributed by atoms with Crippen molar-refractivity contribution in [3.8, 4) is 0 Å². The molecule has 3 rings (SSSR count). The van der Waals surface area contributed by atoms with Crippen molar-refractivity contribution < 1.29 is 4.79 Å². The lowest BCUT2D eigenvalue weighted by Crippen LogP contribution is -2.34. The summed E-state index contributed by atoms with van der Waals surface area (Å²) in [6.45, 7) is 3.65. The number of hydrogen-bond donors (Lipinski definition) is 0. The number of halogens is 1. The van der Waals surface area contributed by atoms with Crippen LogP contribution in [0, 0.1) is 6.92 Å². The third-order valence-corrected chi connectivity index (χ3v) is 4.82. The van der Waals surface area contributed by atoms with Crippen LogP contribution in [-0.2, 0) is 0 Å². The van der Waals surface area contributed by atoms with Gasteiger partial charge in [-0.1, -0.05) is 47.9 Å². The van der Waals surface area contributed by atoms with Gasteiger partial charge in [0, 0.05) is 29.6 Å². The molecule has 2 aromatic rings. The number of carbonyl (C=O) groups is 1. The van der Waals surface area contributed by atoms with Crippen LogP contribution in [0.5, 0.6) is 0 Å². The molecule has 2 aromatic carbocycles. The number of amides is 1. The Morgan fingerprint density at radius 3 is 2.65 bits per heavy atom. The van der Waals surface area contributed by atoms with Gasteiger partial charge in [0.25, 0.3) is 5.91 Å². The summed E-state index contributed by atoms with van der Waals surface area (Å²) in [4.78, 5) is 14.9. The van der Waals surface area contributed by atoms with Gasteiger partial charge in [0.2, 0.25) is 0 Å². The van der Waals surface area contributed by atoms with E-state index >= 15 is 0 Å². The second-order valence-corrected chi connectivity index (χ2v) is 6.80. The van der Waals surface area contributed by atoms with Gasteiger partial charge < -0.3 is 4.90 Å². The average Bonchev–Trinajstić information content (AvgIpc) is 2.81. The maximum Gasteiger partial charge on any atom is 0.253 e. The molecule has 1 fully saturated rings. The first-order valence-electron chi connectivity index (χ1n) is 8.25. The van der Waals surface area contributed by atoms with Gasteiger partial charge in [-0.3, -0.25) is 4.79 Å². The second kappa shape index (κ2) is 7.18. The zero-order valence-electron chi connectivity index (χ0n) is 13.5. The molecule has 1 amide bonds. The van der Waals surface area contributed by atoms with Crippen molar-refractivity contribution in [3.05, 3.63) is 70.2 Å². The molecule has 2 nitrogen and oxygen atoms in total. The van der Waals surface area contributed by atoms with Crippen LogP contribution in [0.15, 0.2) is 48.5 Å². The van der Waals surface area contributed by atoms with Gasteiger partial charge in [0.15, 0.2) is 0 Å². The summed E-state index contributed by atoms with van der Waals surface area (Å²) in [6.07, 6.45) is 3.35. The van der Waals surface area contributed by atoms with E-state index in [1.54, 1.807) is 0 Å². The Kier molecular flexibility index (Phi) is 5.02. The number of carbonyl (C=O) groups excluding carboxylic acids is 1. The van der Waals surface area contributed by atoms with Gasteiger partial charge in [-0.25, -0.2) is 0 Å². The number of nitrogens with zero attached hydrogens (tertiary/aromatic N) is 1. The molecular formula is C20H22ClNO. The smallest absolute Gasteiger partial charge is 0.253 e. The molecule has 0 spiro atoms. The normalized spacial score (nSPS) is 18.5. The highest BCUT2D eigenvalue weighted by Gasteiger charge is 2.24. The molecule has 0 bridgehead atoms. The van der Waals surface area contributed by atoms with Crippen molar-refractivity contribution in [1.82, 2.24) is 4.90 Å². The summed E-state index contributed by atoms with van der Waals surface area (Å²) < 4.78 is 0. The number of benzene rings is 2. The highest BCUT2D eigenvalue weighted by Crippen LogP contribution is 2.28. The summed E-state index contributed by atoms with van der Waals surface area (Å²) in [5.74, 6) is 0.540. The molecule has 0 radical (unpaired) electrons. The van der Waals surface area contributed by atoms with Crippen molar-refractivity contribution in [2.24, 2.45) is 0 Å². The lowest BCUT2D eigenvalue weighted by atomic mass is 9.94. The average molecular weight is 328 g/mol. The Balaban J connectivity index is 1.79. The van der Waals surface area contributed by atoms with Gasteiger partial charge in [-0.2, -0.15) is 0 Å². The third kappa shape index (κ3) is 3.94. The summed E-state index contributed by atoms with van der Waals surface area (Å²) in [6, 6.07) is 15.9. The molecule has 3 heteroatoms. The minimum Gasteiger partial charge on any atom is -0.338 e. The number of rotatable bonds is 2. The van der Waals surface area contributed by atoms with E-state index in [9.17, 15) is 4.79 Å². The maximum absolute atomic E-state index is 12.8. The monoisotopic (exact) mass is 327 g/mol. The first kappa shape index (κ1) is 16.1. The van der Waals surface area contributed by atoms with E-state index in [4.69, 9.17) is 11.6 Å². The van der Waals surface area contributed by atoms with Crippen LogP contribution in [0.2, 0.25) is 5.02 Å². The molecule has 0 aromatic heterocycles. The van der Waals surface area contributed by atoms with Crippen molar-refractivity contribution in [2.45, 2.75) is 32.1 Å². The fourth-order valence-corrected chi connectivity index (χ4v) is 3.42. The summed E-state index contributed by atoms with van der Waals surface area (Å²) in [7, 11) is 0. The first-order chi connectivity index (χ1) is 11.1. The van der Waals surface area contributed by atoms with Crippen molar-refractivity contribution in [2.75, 3.05) is 13.1 Å². The topological polar surface area (TPSA) is 20.3 Å². The zero-order chi connectivity index (χ0) is 16.2. The molecule has 1 heterocycles. The minimum atomic E-state index is 0.148. The summed E-state index contributed by atoms with van der Waals surface area (Å²) in [5, 5.41) is 0.759. The fraction of sp³-hybridized carbons (Fsp3) is 0.350. The molecule has 120 valence electrons. The molecule has 0 aliphatic carbocycles. The van der Waals surface area contributed by atoms with E-state index in [2.05, 4.69) is 12.1 Å². The van der Waals surface area contributed by atoms with Crippen molar-refractivity contribution >= 4 is 17.5 Å². The molecule has 1 aliphatic heterocycles. The Hall–Kier alpha value is -1.80. The van der Waals surface area contributed by atoms with Gasteiger partial charge >= 0.3 is 0 Å². The van der Waals surface area contributed by atoms with Gasteiger partial charge in [0.1, 0.15) is 0 Å². The Labute approximate surface area is 143 Å². The van der Waals surface area contributed by atoms with Crippen molar-refractivity contribution in [1.29, 1.82) is 0 Å². The number of aryl methyl sites for hydroxylation is 1. The van der Waals surface area contributed by atoms with Gasteiger partial charge in [0.05, 0.1) is 0 Å². The summed E-state index contributed by atoms with van der Waals surface area (Å²) >= 11 is 5.99. The third-order valence-electron chi connectivity index (χ3n) is 4.57. The molecule has 23 heavy (non-hydrogen) atoms. The van der Waals surface area contributed by atoms with E-state index in [1.165, 1.54) is 5.56 Å². The minimum absolute atomic E-state index is 0.148. The van der Waals surface area contributed by atoms with Gasteiger partial charge in [-0.05, 0) is 49.6 Å². The molecule has 1 saturated heterocycles. The lowest BCUT2D eigenvalue weighted by Gasteiger charge is -2.25. The van der Waals surface area contributed by atoms with Crippen molar-refractivity contribution in [3.63, 3.8) is 0 Å². The highest BCUT2D eigenvalue weighted by atomic mass is 35.5. The molecule has 0 saturated carbocycles. The molecular weight excluding hydrogens is 306 g/mol. The van der Waals surface area contributed by atoms with Crippen LogP contribution in [-0.4, -0.2) is 23.9 Å². The second-order valence-electron chi connectivity index (χ2n) is 6.36. The standard InChI is InChI=1S/C20H22ClNO/c1-15-5-4-7-17(13-15)20(23)22-12-3-2-6-18(14-22)16-8-10-19(21)11-9-16/h4-5,7-11,13,18H,2-3,6,12,14H2,1H3. The van der Waals surface area contributed by atoms with E-state index < -0.39 is 0 Å². The Bertz CT molecular complexity index is 680. The number of hydrogen-bond acceptors (Lipinski definition) is 1. The van der Waals surface area contributed by atoms with Gasteiger partial charge in [-0.15, -0.1) is 0 Å². The van der Waals surface area contributed by atoms with Crippen LogP contribution in [0.1, 0.15) is 46.7 Å². The SMILES string of the molecule is Cc1cccc(C(=O)N2CCCCC(c3ccc(Cl)cc3)C2)c1. The number of likely N-dealkylation sites (tertiary alicyclic amines) is 1. The predicted octanol–water partition coefficient (Wildman–Crippen LogP) is 5.06. The quantitative estimate of drug-likeness (QED) is 0.755. The van der Waals surface area contributed by atoms with E-state index in [0.717, 1.165) is 48.5 Å². The van der Waals surface area contributed by atoms with Crippen LogP contribution < -0.4 is 0 Å². The van der Waals surface area contributed by atoms with E-state index in [0.29, 0.717) is 5.92 Å². The van der Waals surface area contributed by atoms with Crippen LogP contribution >= 0.6 is 11.6 Å². The first-order valence-corrected chi connectivity index (χ1v) is 8.63. The zero-order valence-corrected chi connectivity index (χ0v) is 14.2. The fourth-order valence-electron chi connectivity index (χ4n) is 3.29. The predicted molar refractivity (Wildman–Crippen MR) is 95.1 cm³/mol. The molecule has 1 unspecified atom stereocenters. The van der Waals surface area contributed by atoms with Crippen LogP contribution in [0.4, 0.5) is 0 Å². The van der Waals surface area contributed by atoms with E-state index in [1.807, 2.05) is 48.2 Å². The van der Waals surface area contributed by atoms with Crippen LogP contribution in [0.3, 0.4) is 0 Å².